The first-order chi connectivity index (χ1) is 18.1. The van der Waals surface area contributed by atoms with Crippen molar-refractivity contribution in [3.8, 4) is 0 Å². The Morgan fingerprint density at radius 1 is 1.21 bits per heavy atom. The molecule has 9 nitrogen and oxygen atoms in total. The third-order valence-corrected chi connectivity index (χ3v) is 6.96. The van der Waals surface area contributed by atoms with Gasteiger partial charge >= 0.3 is 6.09 Å². The van der Waals surface area contributed by atoms with E-state index in [1.54, 1.807) is 37.8 Å². The zero-order chi connectivity index (χ0) is 27.4. The number of nitrogens with zero attached hydrogens (tertiary/aromatic N) is 5. The average molecular weight is 524 g/mol. The fourth-order valence-corrected chi connectivity index (χ4v) is 5.24. The fourth-order valence-electron chi connectivity index (χ4n) is 5.24. The van der Waals surface area contributed by atoms with Crippen molar-refractivity contribution in [3.05, 3.63) is 81.5 Å². The summed E-state index contributed by atoms with van der Waals surface area (Å²) >= 11 is 0. The second kappa shape index (κ2) is 11.4. The first-order valence-corrected chi connectivity index (χ1v) is 12.9. The molecule has 2 amide bonds. The van der Waals surface area contributed by atoms with E-state index < -0.39 is 35.9 Å². The number of likely N-dealkylation sites (N-methyl/N-ethyl adjacent to an activating group) is 1. The molecule has 1 saturated heterocycles. The summed E-state index contributed by atoms with van der Waals surface area (Å²) in [4.78, 5) is 33.0. The number of hydrogen-bond acceptors (Lipinski definition) is 5. The Kier molecular flexibility index (Phi) is 8.23. The van der Waals surface area contributed by atoms with Crippen molar-refractivity contribution >= 4 is 12.0 Å². The first kappa shape index (κ1) is 27.4. The third-order valence-electron chi connectivity index (χ3n) is 6.96. The molecule has 0 aliphatic carbocycles. The van der Waals surface area contributed by atoms with Gasteiger partial charge in [-0.25, -0.2) is 9.18 Å². The number of rotatable bonds is 5. The number of amides is 2. The highest BCUT2D eigenvalue weighted by molar-refractivity contribution is 5.82. The summed E-state index contributed by atoms with van der Waals surface area (Å²) in [5.41, 5.74) is 11.5. The van der Waals surface area contributed by atoms with Crippen molar-refractivity contribution in [1.82, 2.24) is 9.80 Å². The number of benzene rings is 2. The lowest BCUT2D eigenvalue weighted by molar-refractivity contribution is -0.152. The molecule has 0 N–H and O–H groups in total. The molecule has 0 spiro atoms. The lowest BCUT2D eigenvalue weighted by atomic mass is 9.87. The van der Waals surface area contributed by atoms with Crippen LogP contribution in [0.1, 0.15) is 56.8 Å². The molecule has 4 atom stereocenters. The van der Waals surface area contributed by atoms with Gasteiger partial charge in [0.1, 0.15) is 17.5 Å². The van der Waals surface area contributed by atoms with Gasteiger partial charge in [0.15, 0.2) is 0 Å². The van der Waals surface area contributed by atoms with Crippen molar-refractivity contribution in [3.63, 3.8) is 0 Å². The molecule has 0 radical (unpaired) electrons. The average Bonchev–Trinajstić information content (AvgIpc) is 2.88. The number of hydrogen-bond donors (Lipinski definition) is 0. The second-order valence-corrected chi connectivity index (χ2v) is 10.6. The van der Waals surface area contributed by atoms with Crippen LogP contribution in [0.25, 0.3) is 10.4 Å². The number of fused-ring (bicyclic) bond motifs is 1. The van der Waals surface area contributed by atoms with E-state index in [4.69, 9.17) is 9.47 Å². The SMILES string of the molecule is CCN(C(=O)OC(C)(C)C)[C@H]1CO[C@@H](C(=O)N2CCc3ccccc3[C@@H]2c2ccc(F)cc2)C[C@@H]1N=[N+]=[N-]. The molecule has 2 aliphatic rings. The number of ether oxygens (including phenoxy) is 2. The monoisotopic (exact) mass is 523 g/mol. The van der Waals surface area contributed by atoms with Crippen LogP contribution < -0.4 is 0 Å². The van der Waals surface area contributed by atoms with E-state index in [-0.39, 0.29) is 24.8 Å². The Bertz CT molecular complexity index is 1210. The smallest absolute Gasteiger partial charge is 0.410 e. The van der Waals surface area contributed by atoms with E-state index in [9.17, 15) is 19.5 Å². The Labute approximate surface area is 222 Å². The summed E-state index contributed by atoms with van der Waals surface area (Å²) < 4.78 is 25.3. The largest absolute Gasteiger partial charge is 0.444 e. The van der Waals surface area contributed by atoms with Crippen molar-refractivity contribution < 1.29 is 23.5 Å². The molecule has 0 aromatic heterocycles. The minimum Gasteiger partial charge on any atom is -0.444 e. The van der Waals surface area contributed by atoms with Crippen molar-refractivity contribution in [2.45, 2.75) is 70.4 Å². The van der Waals surface area contributed by atoms with Crippen LogP contribution in [-0.4, -0.2) is 65.3 Å². The van der Waals surface area contributed by atoms with Gasteiger partial charge in [0.2, 0.25) is 0 Å². The number of carbonyl (C=O) groups is 2. The van der Waals surface area contributed by atoms with Crippen LogP contribution >= 0.6 is 0 Å². The number of azide groups is 1. The molecule has 2 aromatic rings. The van der Waals surface area contributed by atoms with Crippen LogP contribution in [0, 0.1) is 5.82 Å². The molecule has 2 heterocycles. The molecule has 1 fully saturated rings. The molecular weight excluding hydrogens is 489 g/mol. The summed E-state index contributed by atoms with van der Waals surface area (Å²) in [6.07, 6.45) is -0.578. The van der Waals surface area contributed by atoms with Gasteiger partial charge in [0.25, 0.3) is 5.91 Å². The Balaban J connectivity index is 1.59. The first-order valence-electron chi connectivity index (χ1n) is 12.9. The van der Waals surface area contributed by atoms with Crippen molar-refractivity contribution in [2.75, 3.05) is 19.7 Å². The number of halogens is 1. The highest BCUT2D eigenvalue weighted by Crippen LogP contribution is 2.37. The van der Waals surface area contributed by atoms with Crippen LogP contribution in [0.5, 0.6) is 0 Å². The van der Waals surface area contributed by atoms with Gasteiger partial charge in [-0.1, -0.05) is 41.5 Å². The molecule has 202 valence electrons. The predicted molar refractivity (Wildman–Crippen MR) is 140 cm³/mol. The van der Waals surface area contributed by atoms with E-state index in [2.05, 4.69) is 10.0 Å². The van der Waals surface area contributed by atoms with Crippen LogP contribution in [0.4, 0.5) is 9.18 Å². The lowest BCUT2D eigenvalue weighted by Crippen LogP contribution is -2.57. The molecule has 38 heavy (non-hydrogen) atoms. The third kappa shape index (κ3) is 5.92. The highest BCUT2D eigenvalue weighted by atomic mass is 19.1. The van der Waals surface area contributed by atoms with Gasteiger partial charge in [-0.05, 0) is 74.9 Å². The molecule has 4 rings (SSSR count). The van der Waals surface area contributed by atoms with Gasteiger partial charge in [-0.15, -0.1) is 0 Å². The Hall–Kier alpha value is -3.62. The predicted octanol–water partition coefficient (Wildman–Crippen LogP) is 5.39. The van der Waals surface area contributed by atoms with E-state index in [0.29, 0.717) is 19.5 Å². The molecular formula is C28H34FN5O4. The van der Waals surface area contributed by atoms with Gasteiger partial charge in [-0.3, -0.25) is 4.79 Å². The molecule has 0 bridgehead atoms. The Morgan fingerprint density at radius 3 is 2.58 bits per heavy atom. The summed E-state index contributed by atoms with van der Waals surface area (Å²) in [7, 11) is 0. The quantitative estimate of drug-likeness (QED) is 0.297. The molecule has 0 unspecified atom stereocenters. The van der Waals surface area contributed by atoms with E-state index in [1.165, 1.54) is 17.0 Å². The maximum atomic E-state index is 13.9. The number of carbonyl (C=O) groups excluding carboxylic acids is 2. The van der Waals surface area contributed by atoms with Gasteiger partial charge < -0.3 is 19.3 Å². The van der Waals surface area contributed by atoms with Crippen LogP contribution in [0.2, 0.25) is 0 Å². The van der Waals surface area contributed by atoms with Crippen LogP contribution in [0.15, 0.2) is 53.6 Å². The van der Waals surface area contributed by atoms with Crippen molar-refractivity contribution in [2.24, 2.45) is 5.11 Å². The zero-order valence-electron chi connectivity index (χ0n) is 22.2. The van der Waals surface area contributed by atoms with E-state index >= 15 is 0 Å². The standard InChI is InChI=1S/C28H34FN5O4/c1-5-33(27(36)38-28(2,3)4)23-17-37-24(16-22(23)31-32-30)26(35)34-15-14-18-8-6-7-9-21(18)25(34)19-10-12-20(29)13-11-19/h6-13,22-25H,5,14-17H2,1-4H3/t22-,23-,24+,25-/m0/s1. The molecule has 10 heteroatoms. The van der Waals surface area contributed by atoms with Crippen LogP contribution in [0.3, 0.4) is 0 Å². The maximum absolute atomic E-state index is 13.9. The summed E-state index contributed by atoms with van der Waals surface area (Å²) in [6.45, 7) is 7.98. The second-order valence-electron chi connectivity index (χ2n) is 10.6. The van der Waals surface area contributed by atoms with Gasteiger partial charge in [0.05, 0.1) is 24.7 Å². The maximum Gasteiger partial charge on any atom is 0.410 e. The normalized spacial score (nSPS) is 23.1. The minimum atomic E-state index is -0.854. The minimum absolute atomic E-state index is 0.0266. The summed E-state index contributed by atoms with van der Waals surface area (Å²) in [6, 6.07) is 12.5. The molecule has 2 aliphatic heterocycles. The van der Waals surface area contributed by atoms with Crippen molar-refractivity contribution in [1.29, 1.82) is 0 Å². The zero-order valence-corrected chi connectivity index (χ0v) is 22.2. The van der Waals surface area contributed by atoms with Crippen LogP contribution in [-0.2, 0) is 20.7 Å². The topological polar surface area (TPSA) is 108 Å². The Morgan fingerprint density at radius 2 is 1.92 bits per heavy atom. The fraction of sp³-hybridized carbons (Fsp3) is 0.500. The summed E-state index contributed by atoms with van der Waals surface area (Å²) in [5.74, 6) is -0.578. The highest BCUT2D eigenvalue weighted by Gasteiger charge is 2.43. The molecule has 0 saturated carbocycles. The van der Waals surface area contributed by atoms with Gasteiger partial charge in [-0.2, -0.15) is 0 Å². The summed E-state index contributed by atoms with van der Waals surface area (Å²) in [5, 5.41) is 3.95. The van der Waals surface area contributed by atoms with E-state index in [1.807, 2.05) is 31.2 Å². The molecule has 2 aromatic carbocycles. The van der Waals surface area contributed by atoms with Gasteiger partial charge in [0, 0.05) is 18.0 Å². The lowest BCUT2D eigenvalue weighted by Gasteiger charge is -2.43. The van der Waals surface area contributed by atoms with E-state index in [0.717, 1.165) is 16.7 Å².